The molecule has 122 valence electrons. The van der Waals surface area contributed by atoms with E-state index in [1.807, 2.05) is 24.3 Å². The third kappa shape index (κ3) is 2.13. The number of anilines is 2. The van der Waals surface area contributed by atoms with Gasteiger partial charge in [-0.05, 0) is 55.8 Å². The minimum Gasteiger partial charge on any atom is -0.451 e. The van der Waals surface area contributed by atoms with E-state index in [0.717, 1.165) is 39.6 Å². The highest BCUT2D eigenvalue weighted by atomic mass is 16.5. The van der Waals surface area contributed by atoms with Gasteiger partial charge in [0.15, 0.2) is 17.3 Å². The SMILES string of the molecule is Cc1cccc(-n2c3c(c4cc(C)ccc42)Oc2ccccc2N3)c1. The Bertz CT molecular complexity index is 1120. The quantitative estimate of drug-likeness (QED) is 0.403. The molecule has 0 saturated carbocycles. The molecule has 4 aromatic rings. The highest BCUT2D eigenvalue weighted by molar-refractivity contribution is 5.98. The molecule has 0 aliphatic carbocycles. The molecule has 0 fully saturated rings. The fraction of sp³-hybridized carbons (Fsp3) is 0.0909. The fourth-order valence-electron chi connectivity index (χ4n) is 3.52. The van der Waals surface area contributed by atoms with Gasteiger partial charge in [-0.1, -0.05) is 35.9 Å². The van der Waals surface area contributed by atoms with Crippen molar-refractivity contribution in [1.29, 1.82) is 0 Å². The van der Waals surface area contributed by atoms with Crippen LogP contribution in [0.25, 0.3) is 16.6 Å². The molecule has 3 aromatic carbocycles. The summed E-state index contributed by atoms with van der Waals surface area (Å²) in [6.07, 6.45) is 0. The van der Waals surface area contributed by atoms with Crippen molar-refractivity contribution in [3.8, 4) is 17.2 Å². The molecule has 25 heavy (non-hydrogen) atoms. The Morgan fingerprint density at radius 2 is 1.68 bits per heavy atom. The first-order chi connectivity index (χ1) is 12.2. The summed E-state index contributed by atoms with van der Waals surface area (Å²) in [4.78, 5) is 0. The van der Waals surface area contributed by atoms with Crippen molar-refractivity contribution in [1.82, 2.24) is 4.57 Å². The number of para-hydroxylation sites is 2. The smallest absolute Gasteiger partial charge is 0.178 e. The molecule has 0 saturated heterocycles. The second-order valence-electron chi connectivity index (χ2n) is 6.60. The van der Waals surface area contributed by atoms with Crippen LogP contribution in [-0.4, -0.2) is 4.57 Å². The average Bonchev–Trinajstić information content (AvgIpc) is 2.92. The van der Waals surface area contributed by atoms with Crippen molar-refractivity contribution in [2.75, 3.05) is 5.32 Å². The number of nitrogens with zero attached hydrogens (tertiary/aromatic N) is 1. The van der Waals surface area contributed by atoms with Gasteiger partial charge in [0, 0.05) is 11.1 Å². The summed E-state index contributed by atoms with van der Waals surface area (Å²) in [5, 5.41) is 4.70. The van der Waals surface area contributed by atoms with E-state index in [1.54, 1.807) is 0 Å². The van der Waals surface area contributed by atoms with Crippen molar-refractivity contribution in [3.63, 3.8) is 0 Å². The third-order valence-electron chi connectivity index (χ3n) is 4.69. The van der Waals surface area contributed by atoms with E-state index >= 15 is 0 Å². The topological polar surface area (TPSA) is 26.2 Å². The van der Waals surface area contributed by atoms with Crippen LogP contribution in [0.15, 0.2) is 66.7 Å². The maximum Gasteiger partial charge on any atom is 0.178 e. The van der Waals surface area contributed by atoms with Crippen molar-refractivity contribution >= 4 is 22.4 Å². The molecule has 0 bridgehead atoms. The molecule has 0 atom stereocenters. The summed E-state index contributed by atoms with van der Waals surface area (Å²) in [6.45, 7) is 4.23. The monoisotopic (exact) mass is 326 g/mol. The molecule has 0 unspecified atom stereocenters. The molecule has 3 nitrogen and oxygen atoms in total. The largest absolute Gasteiger partial charge is 0.451 e. The Morgan fingerprint density at radius 3 is 2.56 bits per heavy atom. The molecular formula is C22H18N2O. The van der Waals surface area contributed by atoms with Gasteiger partial charge in [0.25, 0.3) is 0 Å². The normalized spacial score (nSPS) is 12.2. The maximum absolute atomic E-state index is 6.29. The maximum atomic E-state index is 6.29. The van der Waals surface area contributed by atoms with Crippen molar-refractivity contribution in [2.24, 2.45) is 0 Å². The van der Waals surface area contributed by atoms with Crippen molar-refractivity contribution in [3.05, 3.63) is 77.9 Å². The van der Waals surface area contributed by atoms with E-state index in [4.69, 9.17) is 4.74 Å². The summed E-state index contributed by atoms with van der Waals surface area (Å²) in [6, 6.07) is 23.1. The molecule has 0 radical (unpaired) electrons. The third-order valence-corrected chi connectivity index (χ3v) is 4.69. The van der Waals surface area contributed by atoms with Gasteiger partial charge in [0.1, 0.15) is 0 Å². The lowest BCUT2D eigenvalue weighted by Gasteiger charge is -2.21. The van der Waals surface area contributed by atoms with Crippen molar-refractivity contribution < 1.29 is 4.74 Å². The van der Waals surface area contributed by atoms with Crippen LogP contribution in [0.5, 0.6) is 11.5 Å². The minimum absolute atomic E-state index is 0.861. The van der Waals surface area contributed by atoms with Gasteiger partial charge in [0.2, 0.25) is 0 Å². The molecule has 1 aliphatic rings. The summed E-state index contributed by atoms with van der Waals surface area (Å²) >= 11 is 0. The Morgan fingerprint density at radius 1 is 0.840 bits per heavy atom. The minimum atomic E-state index is 0.861. The standard InChI is InChI=1S/C22H18N2O/c1-14-6-5-7-16(12-14)24-19-11-10-15(2)13-17(19)21-22(24)23-18-8-3-4-9-20(18)25-21/h3-13,23H,1-2H3. The molecule has 3 heteroatoms. The highest BCUT2D eigenvalue weighted by Gasteiger charge is 2.25. The van der Waals surface area contributed by atoms with Gasteiger partial charge in [-0.15, -0.1) is 0 Å². The molecule has 5 rings (SSSR count). The van der Waals surface area contributed by atoms with E-state index in [1.165, 1.54) is 11.1 Å². The number of ether oxygens (including phenoxy) is 1. The van der Waals surface area contributed by atoms with Crippen LogP contribution in [0.4, 0.5) is 11.5 Å². The first-order valence-corrected chi connectivity index (χ1v) is 8.47. The van der Waals surface area contributed by atoms with Crippen molar-refractivity contribution in [2.45, 2.75) is 13.8 Å². The summed E-state index contributed by atoms with van der Waals surface area (Å²) in [7, 11) is 0. The van der Waals surface area contributed by atoms with Gasteiger partial charge in [-0.3, -0.25) is 4.57 Å². The summed E-state index contributed by atoms with van der Waals surface area (Å²) in [5.41, 5.74) is 5.71. The molecule has 1 N–H and O–H groups in total. The number of fused-ring (bicyclic) bond motifs is 4. The van der Waals surface area contributed by atoms with E-state index in [-0.39, 0.29) is 0 Å². The Labute approximate surface area is 146 Å². The number of aryl methyl sites for hydroxylation is 2. The van der Waals surface area contributed by atoms with Crippen LogP contribution in [0, 0.1) is 13.8 Å². The molecule has 0 spiro atoms. The van der Waals surface area contributed by atoms with E-state index in [9.17, 15) is 0 Å². The van der Waals surface area contributed by atoms with E-state index < -0.39 is 0 Å². The Balaban J connectivity index is 1.84. The van der Waals surface area contributed by atoms with E-state index in [0.29, 0.717) is 0 Å². The molecule has 1 aliphatic heterocycles. The van der Waals surface area contributed by atoms with Crippen LogP contribution in [0.1, 0.15) is 11.1 Å². The zero-order valence-electron chi connectivity index (χ0n) is 14.2. The lowest BCUT2D eigenvalue weighted by atomic mass is 10.1. The number of rotatable bonds is 1. The predicted molar refractivity (Wildman–Crippen MR) is 103 cm³/mol. The van der Waals surface area contributed by atoms with E-state index in [2.05, 4.69) is 66.2 Å². The molecular weight excluding hydrogens is 308 g/mol. The first-order valence-electron chi connectivity index (χ1n) is 8.47. The van der Waals surface area contributed by atoms with Gasteiger partial charge in [0.05, 0.1) is 11.2 Å². The summed E-state index contributed by atoms with van der Waals surface area (Å²) in [5.74, 6) is 2.73. The number of benzene rings is 3. The van der Waals surface area contributed by atoms with Gasteiger partial charge in [-0.25, -0.2) is 0 Å². The first kappa shape index (κ1) is 14.2. The number of hydrogen-bond donors (Lipinski definition) is 1. The lowest BCUT2D eigenvalue weighted by Crippen LogP contribution is -2.06. The van der Waals surface area contributed by atoms with Crippen LogP contribution in [0.3, 0.4) is 0 Å². The Kier molecular flexibility index (Phi) is 2.92. The van der Waals surface area contributed by atoms with Gasteiger partial charge >= 0.3 is 0 Å². The zero-order valence-corrected chi connectivity index (χ0v) is 14.2. The molecule has 0 amide bonds. The second kappa shape index (κ2) is 5.15. The Hall–Kier alpha value is -3.20. The van der Waals surface area contributed by atoms with Crippen LogP contribution >= 0.6 is 0 Å². The molecule has 2 heterocycles. The predicted octanol–water partition coefficient (Wildman–Crippen LogP) is 6.10. The molecule has 1 aromatic heterocycles. The van der Waals surface area contributed by atoms with Gasteiger partial charge in [-0.2, -0.15) is 0 Å². The average molecular weight is 326 g/mol. The van der Waals surface area contributed by atoms with Crippen LogP contribution < -0.4 is 10.1 Å². The number of hydrogen-bond acceptors (Lipinski definition) is 2. The zero-order chi connectivity index (χ0) is 17.0. The lowest BCUT2D eigenvalue weighted by molar-refractivity contribution is 0.485. The second-order valence-corrected chi connectivity index (χ2v) is 6.60. The highest BCUT2D eigenvalue weighted by Crippen LogP contribution is 2.48. The summed E-state index contributed by atoms with van der Waals surface area (Å²) < 4.78 is 8.54. The van der Waals surface area contributed by atoms with Crippen LogP contribution in [-0.2, 0) is 0 Å². The fourth-order valence-corrected chi connectivity index (χ4v) is 3.52. The van der Waals surface area contributed by atoms with Crippen LogP contribution in [0.2, 0.25) is 0 Å². The van der Waals surface area contributed by atoms with Gasteiger partial charge < -0.3 is 10.1 Å². The number of aromatic nitrogens is 1. The number of nitrogens with one attached hydrogen (secondary N) is 1.